The first-order chi connectivity index (χ1) is 8.09. The molecule has 0 bridgehead atoms. The number of halogens is 1. The monoisotopic (exact) mass is 285 g/mol. The topological polar surface area (TPSA) is 67.2 Å². The fourth-order valence-corrected chi connectivity index (χ4v) is 2.80. The van der Waals surface area contributed by atoms with Crippen LogP contribution in [0.15, 0.2) is 24.3 Å². The number of benzene rings is 1. The van der Waals surface area contributed by atoms with E-state index in [9.17, 15) is 4.79 Å². The molecule has 0 saturated carbocycles. The number of thiocarbonyl (C=S) groups is 1. The third-order valence-corrected chi connectivity index (χ3v) is 3.82. The minimum absolute atomic E-state index is 0.00409. The molecule has 1 aromatic heterocycles. The van der Waals surface area contributed by atoms with Crippen molar-refractivity contribution in [3.63, 3.8) is 0 Å². The Labute approximate surface area is 112 Å². The number of fused-ring (bicyclic) bond motifs is 1. The number of nitrogens with two attached hydrogens (primary N) is 1. The highest BCUT2D eigenvalue weighted by atomic mass is 35.5. The molecular weight excluding hydrogens is 278 g/mol. The van der Waals surface area contributed by atoms with Gasteiger partial charge in [0.05, 0.1) is 5.02 Å². The Morgan fingerprint density at radius 2 is 2.06 bits per heavy atom. The zero-order valence-corrected chi connectivity index (χ0v) is 10.9. The minimum Gasteiger partial charge on any atom is -0.375 e. The third-order valence-electron chi connectivity index (χ3n) is 2.04. The van der Waals surface area contributed by atoms with Gasteiger partial charge in [0.1, 0.15) is 4.88 Å². The van der Waals surface area contributed by atoms with Crippen LogP contribution in [0, 0.1) is 0 Å². The highest BCUT2D eigenvalue weighted by molar-refractivity contribution is 7.80. The number of rotatable bonds is 1. The van der Waals surface area contributed by atoms with Crippen molar-refractivity contribution in [2.24, 2.45) is 5.73 Å². The number of hydrazine groups is 1. The van der Waals surface area contributed by atoms with Crippen molar-refractivity contribution in [2.45, 2.75) is 0 Å². The Morgan fingerprint density at radius 3 is 2.71 bits per heavy atom. The average Bonchev–Trinajstić information content (AvgIpc) is 2.64. The molecule has 1 aromatic carbocycles. The van der Waals surface area contributed by atoms with Crippen LogP contribution in [-0.2, 0) is 0 Å². The molecule has 0 radical (unpaired) electrons. The van der Waals surface area contributed by atoms with Crippen LogP contribution in [0.1, 0.15) is 9.67 Å². The largest absolute Gasteiger partial charge is 0.375 e. The predicted molar refractivity (Wildman–Crippen MR) is 74.2 cm³/mol. The van der Waals surface area contributed by atoms with E-state index in [1.807, 2.05) is 24.3 Å². The van der Waals surface area contributed by atoms with Crippen LogP contribution in [-0.4, -0.2) is 11.0 Å². The predicted octanol–water partition coefficient (Wildman–Crippen LogP) is 2.03. The van der Waals surface area contributed by atoms with Crippen LogP contribution in [0.3, 0.4) is 0 Å². The Kier molecular flexibility index (Phi) is 3.46. The molecule has 4 N–H and O–H groups in total. The molecule has 0 fully saturated rings. The van der Waals surface area contributed by atoms with Crippen molar-refractivity contribution in [1.29, 1.82) is 0 Å². The molecule has 4 nitrogen and oxygen atoms in total. The Morgan fingerprint density at radius 1 is 1.35 bits per heavy atom. The van der Waals surface area contributed by atoms with E-state index in [-0.39, 0.29) is 11.0 Å². The van der Waals surface area contributed by atoms with E-state index in [4.69, 9.17) is 17.3 Å². The highest BCUT2D eigenvalue weighted by Gasteiger charge is 2.16. The second-order valence-corrected chi connectivity index (χ2v) is 5.05. The van der Waals surface area contributed by atoms with Gasteiger partial charge in [-0.1, -0.05) is 29.8 Å². The summed E-state index contributed by atoms with van der Waals surface area (Å²) in [5, 5.41) is 1.29. The molecule has 2 rings (SSSR count). The van der Waals surface area contributed by atoms with Gasteiger partial charge in [-0.05, 0) is 18.3 Å². The number of hydrogen-bond donors (Lipinski definition) is 3. The van der Waals surface area contributed by atoms with Crippen LogP contribution in [0.2, 0.25) is 5.02 Å². The second kappa shape index (κ2) is 4.87. The first-order valence-corrected chi connectivity index (χ1v) is 6.22. The van der Waals surface area contributed by atoms with Crippen LogP contribution < -0.4 is 16.6 Å². The number of hydrogen-bond acceptors (Lipinski definition) is 3. The van der Waals surface area contributed by atoms with Gasteiger partial charge in [-0.2, -0.15) is 0 Å². The smallest absolute Gasteiger partial charge is 0.281 e. The molecule has 0 spiro atoms. The summed E-state index contributed by atoms with van der Waals surface area (Å²) in [6, 6.07) is 7.54. The lowest BCUT2D eigenvalue weighted by Crippen LogP contribution is -2.44. The van der Waals surface area contributed by atoms with Gasteiger partial charge in [0, 0.05) is 10.1 Å². The van der Waals surface area contributed by atoms with Gasteiger partial charge in [0.2, 0.25) is 0 Å². The van der Waals surface area contributed by atoms with E-state index in [0.29, 0.717) is 9.90 Å². The fourth-order valence-electron chi connectivity index (χ4n) is 1.34. The first kappa shape index (κ1) is 12.1. The van der Waals surface area contributed by atoms with Crippen LogP contribution in [0.5, 0.6) is 0 Å². The second-order valence-electron chi connectivity index (χ2n) is 3.18. The van der Waals surface area contributed by atoms with Crippen molar-refractivity contribution in [1.82, 2.24) is 10.9 Å². The van der Waals surface area contributed by atoms with Crippen LogP contribution in [0.4, 0.5) is 0 Å². The molecule has 0 aliphatic rings. The number of thiophene rings is 1. The SMILES string of the molecule is NC(=S)NNC(=O)c1sc2ccccc2c1Cl. The molecular formula is C10H8ClN3OS2. The molecule has 1 heterocycles. The van der Waals surface area contributed by atoms with Crippen LogP contribution in [0.25, 0.3) is 10.1 Å². The van der Waals surface area contributed by atoms with Gasteiger partial charge in [-0.15, -0.1) is 11.3 Å². The van der Waals surface area contributed by atoms with E-state index in [1.165, 1.54) is 11.3 Å². The van der Waals surface area contributed by atoms with Crippen molar-refractivity contribution in [3.05, 3.63) is 34.2 Å². The third kappa shape index (κ3) is 2.49. The summed E-state index contributed by atoms with van der Waals surface area (Å²) in [7, 11) is 0. The summed E-state index contributed by atoms with van der Waals surface area (Å²) in [6.45, 7) is 0. The summed E-state index contributed by atoms with van der Waals surface area (Å²) < 4.78 is 0.956. The Hall–Kier alpha value is -1.37. The number of amides is 1. The van der Waals surface area contributed by atoms with Crippen molar-refractivity contribution >= 4 is 56.3 Å². The zero-order valence-electron chi connectivity index (χ0n) is 8.49. The Balaban J connectivity index is 2.32. The quantitative estimate of drug-likeness (QED) is 0.554. The van der Waals surface area contributed by atoms with Gasteiger partial charge < -0.3 is 5.73 Å². The maximum atomic E-state index is 11.8. The van der Waals surface area contributed by atoms with Crippen molar-refractivity contribution in [3.8, 4) is 0 Å². The fraction of sp³-hybridized carbons (Fsp3) is 0. The maximum absolute atomic E-state index is 11.8. The number of carbonyl (C=O) groups is 1. The van der Waals surface area contributed by atoms with Gasteiger partial charge in [0.15, 0.2) is 5.11 Å². The minimum atomic E-state index is -0.357. The first-order valence-electron chi connectivity index (χ1n) is 4.62. The molecule has 88 valence electrons. The van der Waals surface area contributed by atoms with Crippen molar-refractivity contribution in [2.75, 3.05) is 0 Å². The van der Waals surface area contributed by atoms with E-state index in [2.05, 4.69) is 23.1 Å². The van der Waals surface area contributed by atoms with Gasteiger partial charge in [0.25, 0.3) is 5.91 Å². The standard InChI is InChI=1S/C10H8ClN3OS2/c11-7-5-3-1-2-4-6(5)17-8(7)9(15)13-14-10(12)16/h1-4H,(H,13,15)(H3,12,14,16). The van der Waals surface area contributed by atoms with Gasteiger partial charge in [-0.25, -0.2) is 0 Å². The lowest BCUT2D eigenvalue weighted by atomic mass is 10.2. The normalized spacial score (nSPS) is 10.2. The highest BCUT2D eigenvalue weighted by Crippen LogP contribution is 2.34. The zero-order chi connectivity index (χ0) is 12.4. The van der Waals surface area contributed by atoms with E-state index in [1.54, 1.807) is 0 Å². The molecule has 0 atom stereocenters. The van der Waals surface area contributed by atoms with Gasteiger partial charge >= 0.3 is 0 Å². The summed E-state index contributed by atoms with van der Waals surface area (Å²) in [5.41, 5.74) is 9.95. The molecule has 2 aromatic rings. The lowest BCUT2D eigenvalue weighted by molar-refractivity contribution is 0.0948. The lowest BCUT2D eigenvalue weighted by Gasteiger charge is -2.04. The van der Waals surface area contributed by atoms with Gasteiger partial charge in [-0.3, -0.25) is 15.6 Å². The molecule has 0 aliphatic carbocycles. The summed E-state index contributed by atoms with van der Waals surface area (Å²) in [4.78, 5) is 12.2. The number of nitrogens with one attached hydrogen (secondary N) is 2. The van der Waals surface area contributed by atoms with E-state index < -0.39 is 0 Å². The summed E-state index contributed by atoms with van der Waals surface area (Å²) in [5.74, 6) is -0.357. The molecule has 17 heavy (non-hydrogen) atoms. The van der Waals surface area contributed by atoms with Crippen molar-refractivity contribution < 1.29 is 4.79 Å². The molecule has 0 aliphatic heterocycles. The van der Waals surface area contributed by atoms with E-state index in [0.717, 1.165) is 10.1 Å². The molecule has 0 unspecified atom stereocenters. The van der Waals surface area contributed by atoms with E-state index >= 15 is 0 Å². The summed E-state index contributed by atoms with van der Waals surface area (Å²) >= 11 is 12.0. The number of carbonyl (C=O) groups excluding carboxylic acids is 1. The Bertz CT molecular complexity index is 596. The van der Waals surface area contributed by atoms with Crippen LogP contribution >= 0.6 is 35.2 Å². The summed E-state index contributed by atoms with van der Waals surface area (Å²) in [6.07, 6.45) is 0. The molecule has 0 saturated heterocycles. The molecule has 1 amide bonds. The average molecular weight is 286 g/mol. The molecule has 7 heteroatoms. The maximum Gasteiger partial charge on any atom is 0.281 e.